The summed E-state index contributed by atoms with van der Waals surface area (Å²) in [4.78, 5) is 0. The van der Waals surface area contributed by atoms with Crippen molar-refractivity contribution in [1.29, 1.82) is 10.5 Å². The Balaban J connectivity index is 2.84. The van der Waals surface area contributed by atoms with E-state index < -0.39 is 0 Å². The largest absolute Gasteiger partial charge is 0.399 e. The molecule has 1 rings (SSSR count). The molecule has 0 aliphatic heterocycles. The second-order valence-corrected chi connectivity index (χ2v) is 3.59. The van der Waals surface area contributed by atoms with E-state index in [1.807, 2.05) is 31.2 Å². The first-order valence-corrected chi connectivity index (χ1v) is 4.79. The average Bonchev–Trinajstić information content (AvgIpc) is 2.22. The van der Waals surface area contributed by atoms with E-state index in [-0.39, 0.29) is 12.3 Å². The van der Waals surface area contributed by atoms with Gasteiger partial charge in [-0.05, 0) is 25.0 Å². The van der Waals surface area contributed by atoms with Crippen molar-refractivity contribution in [2.45, 2.75) is 19.8 Å². The molecular formula is C12H13N3. The molecule has 2 N–H and O–H groups in total. The molecule has 0 radical (unpaired) electrons. The highest BCUT2D eigenvalue weighted by Gasteiger charge is 2.10. The molecule has 0 heterocycles. The van der Waals surface area contributed by atoms with Crippen molar-refractivity contribution in [2.75, 3.05) is 5.73 Å². The van der Waals surface area contributed by atoms with Gasteiger partial charge in [0.1, 0.15) is 0 Å². The molecule has 76 valence electrons. The lowest BCUT2D eigenvalue weighted by Gasteiger charge is -2.08. The number of hydrogen-bond donors (Lipinski definition) is 1. The van der Waals surface area contributed by atoms with Crippen molar-refractivity contribution in [3.63, 3.8) is 0 Å². The smallest absolute Gasteiger partial charge is 0.0670 e. The van der Waals surface area contributed by atoms with Crippen LogP contribution in [0.25, 0.3) is 0 Å². The van der Waals surface area contributed by atoms with Gasteiger partial charge in [0.25, 0.3) is 0 Å². The molecule has 0 fully saturated rings. The third-order valence-corrected chi connectivity index (χ3v) is 2.29. The predicted octanol–water partition coefficient (Wildman–Crippen LogP) is 2.17. The fourth-order valence-corrected chi connectivity index (χ4v) is 1.45. The first-order chi connectivity index (χ1) is 7.17. The molecule has 0 aliphatic rings. The molecular weight excluding hydrogens is 186 g/mol. The number of nitriles is 2. The fourth-order valence-electron chi connectivity index (χ4n) is 1.45. The third kappa shape index (κ3) is 3.00. The second kappa shape index (κ2) is 5.02. The number of nitrogens with two attached hydrogens (primary N) is 1. The summed E-state index contributed by atoms with van der Waals surface area (Å²) in [5, 5.41) is 17.4. The number of anilines is 1. The molecule has 1 aromatic carbocycles. The van der Waals surface area contributed by atoms with Crippen LogP contribution in [0, 0.1) is 35.5 Å². The van der Waals surface area contributed by atoms with Gasteiger partial charge in [-0.2, -0.15) is 10.5 Å². The highest BCUT2D eigenvalue weighted by atomic mass is 14.6. The molecule has 3 nitrogen and oxygen atoms in total. The fraction of sp³-hybridized carbons (Fsp3) is 0.333. The summed E-state index contributed by atoms with van der Waals surface area (Å²) in [6.07, 6.45) is 0.807. The van der Waals surface area contributed by atoms with Gasteiger partial charge in [0.2, 0.25) is 0 Å². The quantitative estimate of drug-likeness (QED) is 0.758. The van der Waals surface area contributed by atoms with E-state index in [1.54, 1.807) is 0 Å². The van der Waals surface area contributed by atoms with E-state index in [1.165, 1.54) is 0 Å². The van der Waals surface area contributed by atoms with Crippen LogP contribution in [0.2, 0.25) is 0 Å². The lowest BCUT2D eigenvalue weighted by atomic mass is 9.96. The average molecular weight is 199 g/mol. The molecule has 0 aliphatic carbocycles. The topological polar surface area (TPSA) is 73.6 Å². The van der Waals surface area contributed by atoms with Crippen LogP contribution in [-0.4, -0.2) is 0 Å². The Morgan fingerprint density at radius 1 is 1.40 bits per heavy atom. The summed E-state index contributed by atoms with van der Waals surface area (Å²) in [6.45, 7) is 1.98. The number of nitrogens with zero attached hydrogens (tertiary/aromatic N) is 2. The molecule has 1 aromatic rings. The summed E-state index contributed by atoms with van der Waals surface area (Å²) in [7, 11) is 0. The van der Waals surface area contributed by atoms with Gasteiger partial charge in [-0.25, -0.2) is 0 Å². The van der Waals surface area contributed by atoms with Crippen LogP contribution in [0.15, 0.2) is 18.2 Å². The van der Waals surface area contributed by atoms with Gasteiger partial charge in [-0.15, -0.1) is 0 Å². The third-order valence-electron chi connectivity index (χ3n) is 2.29. The van der Waals surface area contributed by atoms with Gasteiger partial charge in [0.05, 0.1) is 24.5 Å². The minimum absolute atomic E-state index is 0.254. The van der Waals surface area contributed by atoms with Gasteiger partial charge in [-0.3, -0.25) is 0 Å². The highest BCUT2D eigenvalue weighted by Crippen LogP contribution is 2.19. The standard InChI is InChI=1S/C12H13N3/c1-9-2-3-12(15)11(6-9)7-10(8-14)4-5-13/h2-3,6,10H,4,7,15H2,1H3. The first-order valence-electron chi connectivity index (χ1n) is 4.79. The normalized spacial score (nSPS) is 11.4. The van der Waals surface area contributed by atoms with Crippen LogP contribution >= 0.6 is 0 Å². The zero-order chi connectivity index (χ0) is 11.3. The number of aryl methyl sites for hydroxylation is 1. The summed E-state index contributed by atoms with van der Waals surface area (Å²) < 4.78 is 0. The molecule has 0 saturated heterocycles. The molecule has 0 spiro atoms. The Labute approximate surface area is 89.7 Å². The van der Waals surface area contributed by atoms with Crippen molar-refractivity contribution >= 4 is 5.69 Å². The van der Waals surface area contributed by atoms with E-state index in [4.69, 9.17) is 16.3 Å². The zero-order valence-electron chi connectivity index (χ0n) is 8.70. The number of hydrogen-bond acceptors (Lipinski definition) is 3. The van der Waals surface area contributed by atoms with Gasteiger partial charge in [-0.1, -0.05) is 17.7 Å². The maximum atomic E-state index is 8.84. The van der Waals surface area contributed by atoms with Crippen LogP contribution in [-0.2, 0) is 6.42 Å². The van der Waals surface area contributed by atoms with E-state index in [0.29, 0.717) is 12.1 Å². The van der Waals surface area contributed by atoms with Gasteiger partial charge >= 0.3 is 0 Å². The molecule has 0 amide bonds. The molecule has 0 saturated carbocycles. The van der Waals surface area contributed by atoms with Crippen molar-refractivity contribution in [3.05, 3.63) is 29.3 Å². The van der Waals surface area contributed by atoms with Gasteiger partial charge < -0.3 is 5.73 Å². The Morgan fingerprint density at radius 3 is 2.73 bits per heavy atom. The van der Waals surface area contributed by atoms with Crippen molar-refractivity contribution in [2.24, 2.45) is 5.92 Å². The van der Waals surface area contributed by atoms with Crippen LogP contribution in [0.3, 0.4) is 0 Å². The van der Waals surface area contributed by atoms with Crippen LogP contribution in [0.1, 0.15) is 17.5 Å². The van der Waals surface area contributed by atoms with Crippen LogP contribution < -0.4 is 5.73 Å². The van der Waals surface area contributed by atoms with E-state index in [9.17, 15) is 0 Å². The minimum atomic E-state index is -0.265. The highest BCUT2D eigenvalue weighted by molar-refractivity contribution is 5.48. The molecule has 3 heteroatoms. The second-order valence-electron chi connectivity index (χ2n) is 3.59. The number of benzene rings is 1. The Bertz CT molecular complexity index is 423. The molecule has 0 bridgehead atoms. The summed E-state index contributed by atoms with van der Waals surface area (Å²) in [5.74, 6) is -0.265. The maximum Gasteiger partial charge on any atom is 0.0670 e. The SMILES string of the molecule is Cc1ccc(N)c(CC(C#N)CC#N)c1. The van der Waals surface area contributed by atoms with Crippen molar-refractivity contribution in [3.8, 4) is 12.1 Å². The summed E-state index contributed by atoms with van der Waals surface area (Å²) >= 11 is 0. The molecule has 1 unspecified atom stereocenters. The van der Waals surface area contributed by atoms with Crippen LogP contribution in [0.4, 0.5) is 5.69 Å². The van der Waals surface area contributed by atoms with E-state index in [0.717, 1.165) is 11.1 Å². The molecule has 1 atom stereocenters. The van der Waals surface area contributed by atoms with Gasteiger partial charge in [0, 0.05) is 5.69 Å². The predicted molar refractivity (Wildman–Crippen MR) is 58.6 cm³/mol. The maximum absolute atomic E-state index is 8.84. The number of rotatable bonds is 3. The molecule has 15 heavy (non-hydrogen) atoms. The van der Waals surface area contributed by atoms with Crippen molar-refractivity contribution < 1.29 is 0 Å². The zero-order valence-corrected chi connectivity index (χ0v) is 8.70. The van der Waals surface area contributed by atoms with E-state index >= 15 is 0 Å². The Hall–Kier alpha value is -2.00. The molecule has 0 aromatic heterocycles. The minimum Gasteiger partial charge on any atom is -0.399 e. The lowest BCUT2D eigenvalue weighted by molar-refractivity contribution is 0.681. The monoisotopic (exact) mass is 199 g/mol. The van der Waals surface area contributed by atoms with Gasteiger partial charge in [0.15, 0.2) is 0 Å². The Morgan fingerprint density at radius 2 is 2.13 bits per heavy atom. The van der Waals surface area contributed by atoms with E-state index in [2.05, 4.69) is 6.07 Å². The van der Waals surface area contributed by atoms with Crippen LogP contribution in [0.5, 0.6) is 0 Å². The number of nitrogen functional groups attached to an aromatic ring is 1. The summed E-state index contributed by atoms with van der Waals surface area (Å²) in [5.41, 5.74) is 8.56. The lowest BCUT2D eigenvalue weighted by Crippen LogP contribution is -2.04. The summed E-state index contributed by atoms with van der Waals surface area (Å²) in [6, 6.07) is 9.87. The first kappa shape index (κ1) is 11.1. The Kier molecular flexibility index (Phi) is 3.71. The van der Waals surface area contributed by atoms with Crippen molar-refractivity contribution in [1.82, 2.24) is 0 Å².